The van der Waals surface area contributed by atoms with Gasteiger partial charge >= 0.3 is 5.97 Å². The summed E-state index contributed by atoms with van der Waals surface area (Å²) < 4.78 is 5.18. The van der Waals surface area contributed by atoms with Gasteiger partial charge in [0.2, 0.25) is 0 Å². The number of rotatable bonds is 0. The van der Waals surface area contributed by atoms with Crippen LogP contribution in [-0.2, 0) is 9.53 Å². The maximum atomic E-state index is 12.3. The maximum Gasteiger partial charge on any atom is 0.305 e. The van der Waals surface area contributed by atoms with Gasteiger partial charge in [0.25, 0.3) is 5.91 Å². The molecule has 1 aromatic rings. The lowest BCUT2D eigenvalue weighted by molar-refractivity contribution is -0.143. The lowest BCUT2D eigenvalue weighted by Crippen LogP contribution is -2.25. The quantitative estimate of drug-likeness (QED) is 0.591. The van der Waals surface area contributed by atoms with Crippen LogP contribution >= 0.6 is 0 Å². The van der Waals surface area contributed by atoms with E-state index in [9.17, 15) is 9.59 Å². The van der Waals surface area contributed by atoms with Crippen molar-refractivity contribution < 1.29 is 14.3 Å². The Hall–Kier alpha value is -2.28. The maximum absolute atomic E-state index is 12.3. The van der Waals surface area contributed by atoms with Crippen molar-refractivity contribution in [1.29, 1.82) is 0 Å². The topological polar surface area (TPSA) is 55.4 Å². The lowest BCUT2D eigenvalue weighted by Gasteiger charge is -2.07. The number of benzene rings is 1. The summed E-state index contributed by atoms with van der Waals surface area (Å²) in [5.74, 6) is 5.96. The number of hydrogen-bond donors (Lipinski definition) is 1. The molecule has 0 radical (unpaired) electrons. The zero-order chi connectivity index (χ0) is 16.3. The van der Waals surface area contributed by atoms with Crippen LogP contribution in [0.4, 0.5) is 0 Å². The minimum Gasteiger partial charge on any atom is -0.466 e. The minimum atomic E-state index is -0.128. The molecule has 1 N–H and O–H groups in total. The summed E-state index contributed by atoms with van der Waals surface area (Å²) in [7, 11) is 0. The van der Waals surface area contributed by atoms with Crippen molar-refractivity contribution in [1.82, 2.24) is 5.32 Å². The van der Waals surface area contributed by atoms with Crippen LogP contribution in [0.25, 0.3) is 0 Å². The second-order valence-electron chi connectivity index (χ2n) is 5.59. The number of carbonyl (C=O) groups is 2. The molecule has 0 spiro atoms. The minimum absolute atomic E-state index is 0.0846. The van der Waals surface area contributed by atoms with E-state index in [0.717, 1.165) is 44.1 Å². The fourth-order valence-electron chi connectivity index (χ4n) is 2.39. The second kappa shape index (κ2) is 9.68. The van der Waals surface area contributed by atoms with Gasteiger partial charge < -0.3 is 10.1 Å². The summed E-state index contributed by atoms with van der Waals surface area (Å²) in [6.07, 6.45) is 5.44. The third-order valence-corrected chi connectivity index (χ3v) is 3.70. The molecule has 0 saturated heterocycles. The van der Waals surface area contributed by atoms with Crippen LogP contribution < -0.4 is 5.32 Å². The standard InChI is InChI=1S/C19H23NO3/c21-18-13-5-3-8-14-20-19(22)17-12-7-6-11-16(17)10-4-1-2-9-15-23-18/h6-7,11-12H,1-3,5,8-9,13-15H2,(H,20,22). The lowest BCUT2D eigenvalue weighted by atomic mass is 10.1. The van der Waals surface area contributed by atoms with Crippen molar-refractivity contribution in [3.63, 3.8) is 0 Å². The Kier molecular flexibility index (Phi) is 7.19. The largest absolute Gasteiger partial charge is 0.466 e. The Labute approximate surface area is 137 Å². The fourth-order valence-corrected chi connectivity index (χ4v) is 2.39. The Morgan fingerprint density at radius 1 is 1.00 bits per heavy atom. The molecule has 0 bridgehead atoms. The van der Waals surface area contributed by atoms with Crippen LogP contribution in [0.1, 0.15) is 60.9 Å². The number of hydrogen-bond acceptors (Lipinski definition) is 3. The van der Waals surface area contributed by atoms with E-state index < -0.39 is 0 Å². The molecule has 0 aliphatic carbocycles. The van der Waals surface area contributed by atoms with Gasteiger partial charge in [0, 0.05) is 24.9 Å². The summed E-state index contributed by atoms with van der Waals surface area (Å²) >= 11 is 0. The molecule has 1 aliphatic rings. The van der Waals surface area contributed by atoms with E-state index in [1.54, 1.807) is 6.07 Å². The average molecular weight is 313 g/mol. The normalized spacial score (nSPS) is 17.7. The second-order valence-corrected chi connectivity index (χ2v) is 5.59. The number of ether oxygens (including phenoxy) is 1. The van der Waals surface area contributed by atoms with Gasteiger partial charge in [-0.25, -0.2) is 0 Å². The van der Waals surface area contributed by atoms with Crippen LogP contribution in [0.2, 0.25) is 0 Å². The highest BCUT2D eigenvalue weighted by Crippen LogP contribution is 2.08. The molecule has 0 aromatic heterocycles. The molecular formula is C19H23NO3. The number of amides is 1. The van der Waals surface area contributed by atoms with Crippen molar-refractivity contribution >= 4 is 11.9 Å². The van der Waals surface area contributed by atoms with Crippen molar-refractivity contribution in [3.05, 3.63) is 35.4 Å². The van der Waals surface area contributed by atoms with Crippen molar-refractivity contribution in [2.45, 2.75) is 44.9 Å². The first-order chi connectivity index (χ1) is 11.3. The Bertz CT molecular complexity index is 598. The van der Waals surface area contributed by atoms with E-state index in [1.807, 2.05) is 18.2 Å². The van der Waals surface area contributed by atoms with Crippen molar-refractivity contribution in [2.24, 2.45) is 0 Å². The predicted molar refractivity (Wildman–Crippen MR) is 88.9 cm³/mol. The fraction of sp³-hybridized carbons (Fsp3) is 0.474. The third kappa shape index (κ3) is 6.15. The molecule has 23 heavy (non-hydrogen) atoms. The molecule has 1 aromatic carbocycles. The molecule has 4 nitrogen and oxygen atoms in total. The number of fused-ring (bicyclic) bond motifs is 1. The first-order valence-electron chi connectivity index (χ1n) is 8.29. The predicted octanol–water partition coefficient (Wildman–Crippen LogP) is 3.06. The summed E-state index contributed by atoms with van der Waals surface area (Å²) in [5, 5.41) is 2.92. The molecular weight excluding hydrogens is 290 g/mol. The van der Waals surface area contributed by atoms with Gasteiger partial charge in [0.1, 0.15) is 0 Å². The van der Waals surface area contributed by atoms with E-state index in [0.29, 0.717) is 25.1 Å². The van der Waals surface area contributed by atoms with Crippen LogP contribution in [0, 0.1) is 11.8 Å². The van der Waals surface area contributed by atoms with Crippen LogP contribution in [0.3, 0.4) is 0 Å². The molecule has 1 aliphatic heterocycles. The number of cyclic esters (lactones) is 1. The monoisotopic (exact) mass is 313 g/mol. The van der Waals surface area contributed by atoms with E-state index in [2.05, 4.69) is 17.2 Å². The highest BCUT2D eigenvalue weighted by molar-refractivity contribution is 5.96. The van der Waals surface area contributed by atoms with E-state index in [4.69, 9.17) is 4.74 Å². The van der Waals surface area contributed by atoms with Crippen molar-refractivity contribution in [2.75, 3.05) is 13.2 Å². The molecule has 0 unspecified atom stereocenters. The molecule has 122 valence electrons. The van der Waals surface area contributed by atoms with E-state index in [1.165, 1.54) is 0 Å². The molecule has 4 heteroatoms. The number of carbonyl (C=O) groups excluding carboxylic acids is 2. The van der Waals surface area contributed by atoms with Gasteiger partial charge in [0.15, 0.2) is 0 Å². The number of nitrogens with one attached hydrogen (secondary N) is 1. The smallest absolute Gasteiger partial charge is 0.305 e. The molecule has 0 saturated carbocycles. The molecule has 2 rings (SSSR count). The zero-order valence-corrected chi connectivity index (χ0v) is 13.4. The third-order valence-electron chi connectivity index (χ3n) is 3.70. The summed E-state index contributed by atoms with van der Waals surface area (Å²) in [6.45, 7) is 1.08. The van der Waals surface area contributed by atoms with Gasteiger partial charge in [-0.2, -0.15) is 0 Å². The van der Waals surface area contributed by atoms with E-state index >= 15 is 0 Å². The van der Waals surface area contributed by atoms with Gasteiger partial charge in [-0.1, -0.05) is 30.4 Å². The van der Waals surface area contributed by atoms with Gasteiger partial charge in [-0.15, -0.1) is 0 Å². The Morgan fingerprint density at radius 2 is 1.87 bits per heavy atom. The number of esters is 1. The first-order valence-corrected chi connectivity index (χ1v) is 8.29. The Morgan fingerprint density at radius 3 is 2.78 bits per heavy atom. The van der Waals surface area contributed by atoms with Crippen molar-refractivity contribution in [3.8, 4) is 11.8 Å². The van der Waals surface area contributed by atoms with Gasteiger partial charge in [-0.05, 0) is 37.8 Å². The molecule has 1 heterocycles. The summed E-state index contributed by atoms with van der Waals surface area (Å²) in [6, 6.07) is 7.42. The van der Waals surface area contributed by atoms with Crippen LogP contribution in [-0.4, -0.2) is 25.0 Å². The van der Waals surface area contributed by atoms with Crippen LogP contribution in [0.15, 0.2) is 24.3 Å². The first kappa shape index (κ1) is 17.1. The zero-order valence-electron chi connectivity index (χ0n) is 13.4. The Balaban J connectivity index is 2.02. The highest BCUT2D eigenvalue weighted by atomic mass is 16.5. The average Bonchev–Trinajstić information content (AvgIpc) is 2.56. The highest BCUT2D eigenvalue weighted by Gasteiger charge is 2.09. The molecule has 0 atom stereocenters. The van der Waals surface area contributed by atoms with Gasteiger partial charge in [-0.3, -0.25) is 9.59 Å². The van der Waals surface area contributed by atoms with Crippen LogP contribution in [0.5, 0.6) is 0 Å². The summed E-state index contributed by atoms with van der Waals surface area (Å²) in [5.41, 5.74) is 1.39. The molecule has 0 fully saturated rings. The van der Waals surface area contributed by atoms with Gasteiger partial charge in [0.05, 0.1) is 12.2 Å². The molecule has 1 amide bonds. The van der Waals surface area contributed by atoms with E-state index in [-0.39, 0.29) is 11.9 Å². The summed E-state index contributed by atoms with van der Waals surface area (Å²) in [4.78, 5) is 23.8. The SMILES string of the molecule is O=C1CCCCCNC(=O)c2ccccc2C#CCCCCO1.